The Morgan fingerprint density at radius 3 is 2.62 bits per heavy atom. The minimum Gasteiger partial charge on any atom is -0.396 e. The number of aryl methyl sites for hydroxylation is 2. The molecule has 6 heteroatoms. The summed E-state index contributed by atoms with van der Waals surface area (Å²) in [7, 11) is 0. The number of amides is 2. The minimum absolute atomic E-state index is 0.0945. The van der Waals surface area contributed by atoms with Gasteiger partial charge in [-0.25, -0.2) is 4.79 Å². The van der Waals surface area contributed by atoms with E-state index in [9.17, 15) is 4.79 Å². The fourth-order valence-electron chi connectivity index (χ4n) is 2.10. The van der Waals surface area contributed by atoms with Gasteiger partial charge in [-0.2, -0.15) is 0 Å². The number of aromatic nitrogens is 1. The molecule has 6 nitrogen and oxygen atoms in total. The lowest BCUT2D eigenvalue weighted by atomic mass is 9.90. The number of carbonyl (C=O) groups excluding carboxylic acids is 1. The second kappa shape index (κ2) is 8.02. The molecule has 0 aromatic carbocycles. The summed E-state index contributed by atoms with van der Waals surface area (Å²) in [4.78, 5) is 11.7. The van der Waals surface area contributed by atoms with E-state index in [-0.39, 0.29) is 18.1 Å². The molecule has 0 aliphatic rings. The van der Waals surface area contributed by atoms with E-state index in [1.54, 1.807) is 0 Å². The van der Waals surface area contributed by atoms with Crippen molar-refractivity contribution in [3.8, 4) is 0 Å². The number of rotatable bonds is 8. The highest BCUT2D eigenvalue weighted by Crippen LogP contribution is 2.17. The predicted octanol–water partition coefficient (Wildman–Crippen LogP) is 1.93. The molecule has 3 N–H and O–H groups in total. The third-order valence-corrected chi connectivity index (χ3v) is 3.59. The topological polar surface area (TPSA) is 87.4 Å². The first-order chi connectivity index (χ1) is 9.85. The van der Waals surface area contributed by atoms with E-state index >= 15 is 0 Å². The van der Waals surface area contributed by atoms with E-state index < -0.39 is 0 Å². The van der Waals surface area contributed by atoms with Gasteiger partial charge in [0.2, 0.25) is 0 Å². The van der Waals surface area contributed by atoms with Crippen LogP contribution in [0.25, 0.3) is 0 Å². The van der Waals surface area contributed by atoms with Gasteiger partial charge in [0.25, 0.3) is 0 Å². The highest BCUT2D eigenvalue weighted by molar-refractivity contribution is 5.73. The van der Waals surface area contributed by atoms with Crippen LogP contribution in [0.1, 0.15) is 43.7 Å². The molecule has 0 aliphatic carbocycles. The Balaban J connectivity index is 2.19. The second-order valence-corrected chi connectivity index (χ2v) is 6.15. The summed E-state index contributed by atoms with van der Waals surface area (Å²) in [6, 6.07) is -0.167. The number of nitrogens with one attached hydrogen (secondary N) is 2. The predicted molar refractivity (Wildman–Crippen MR) is 81.2 cm³/mol. The third-order valence-electron chi connectivity index (χ3n) is 3.59. The van der Waals surface area contributed by atoms with Crippen LogP contribution in [0.5, 0.6) is 0 Å². The summed E-state index contributed by atoms with van der Waals surface area (Å²) in [5, 5.41) is 18.5. The zero-order valence-electron chi connectivity index (χ0n) is 13.5. The van der Waals surface area contributed by atoms with Gasteiger partial charge in [0, 0.05) is 25.3 Å². The fourth-order valence-corrected chi connectivity index (χ4v) is 2.10. The Labute approximate surface area is 126 Å². The van der Waals surface area contributed by atoms with Crippen molar-refractivity contribution < 1.29 is 14.4 Å². The van der Waals surface area contributed by atoms with Gasteiger partial charge in [0.05, 0.1) is 5.69 Å². The van der Waals surface area contributed by atoms with E-state index in [0.29, 0.717) is 19.5 Å². The molecule has 0 fully saturated rings. The van der Waals surface area contributed by atoms with Crippen LogP contribution in [0, 0.1) is 19.3 Å². The van der Waals surface area contributed by atoms with Crippen LogP contribution in [0.4, 0.5) is 4.79 Å². The molecule has 0 atom stereocenters. The molecule has 0 saturated heterocycles. The molecular formula is C15H27N3O3. The van der Waals surface area contributed by atoms with Crippen LogP contribution in [0.3, 0.4) is 0 Å². The highest BCUT2D eigenvalue weighted by atomic mass is 16.5. The molecule has 2 amide bonds. The minimum atomic E-state index is -0.167. The lowest BCUT2D eigenvalue weighted by Gasteiger charge is -2.23. The molecule has 0 bridgehead atoms. The Morgan fingerprint density at radius 2 is 2.05 bits per heavy atom. The first-order valence-electron chi connectivity index (χ1n) is 7.40. The molecular weight excluding hydrogens is 270 g/mol. The zero-order valence-corrected chi connectivity index (χ0v) is 13.5. The summed E-state index contributed by atoms with van der Waals surface area (Å²) >= 11 is 0. The van der Waals surface area contributed by atoms with Crippen LogP contribution in [-0.2, 0) is 6.42 Å². The maximum Gasteiger partial charge on any atom is 0.314 e. The fraction of sp³-hybridized carbons (Fsp3) is 0.733. The van der Waals surface area contributed by atoms with Gasteiger partial charge in [0.15, 0.2) is 0 Å². The Kier molecular flexibility index (Phi) is 6.68. The van der Waals surface area contributed by atoms with E-state index in [2.05, 4.69) is 15.8 Å². The molecule has 120 valence electrons. The number of aliphatic hydroxyl groups is 1. The van der Waals surface area contributed by atoms with Crippen LogP contribution in [0.15, 0.2) is 4.52 Å². The normalized spacial score (nSPS) is 11.5. The van der Waals surface area contributed by atoms with Crippen molar-refractivity contribution in [1.82, 2.24) is 15.8 Å². The molecule has 0 unspecified atom stereocenters. The number of hydrogen-bond acceptors (Lipinski definition) is 4. The first-order valence-corrected chi connectivity index (χ1v) is 7.40. The van der Waals surface area contributed by atoms with Crippen LogP contribution < -0.4 is 10.6 Å². The molecule has 1 rings (SSSR count). The summed E-state index contributed by atoms with van der Waals surface area (Å²) in [6.45, 7) is 9.14. The van der Waals surface area contributed by atoms with Crippen molar-refractivity contribution in [1.29, 1.82) is 0 Å². The smallest absolute Gasteiger partial charge is 0.314 e. The van der Waals surface area contributed by atoms with Gasteiger partial charge in [0.1, 0.15) is 5.76 Å². The van der Waals surface area contributed by atoms with Gasteiger partial charge in [-0.15, -0.1) is 0 Å². The van der Waals surface area contributed by atoms with Gasteiger partial charge in [-0.1, -0.05) is 19.0 Å². The monoisotopic (exact) mass is 297 g/mol. The van der Waals surface area contributed by atoms with E-state index in [1.165, 1.54) is 0 Å². The van der Waals surface area contributed by atoms with Crippen LogP contribution in [-0.4, -0.2) is 36.0 Å². The first kappa shape index (κ1) is 17.5. The SMILES string of the molecule is Cc1noc(C)c1CCCNC(=O)NCC(C)(C)CCO. The molecule has 0 spiro atoms. The van der Waals surface area contributed by atoms with Crippen molar-refractivity contribution in [2.75, 3.05) is 19.7 Å². The standard InChI is InChI=1S/C15H27N3O3/c1-11-13(12(2)21-18-11)6-5-8-16-14(20)17-10-15(3,4)7-9-19/h19H,5-10H2,1-4H3,(H2,16,17,20). The van der Waals surface area contributed by atoms with Crippen LogP contribution in [0.2, 0.25) is 0 Å². The van der Waals surface area contributed by atoms with Crippen molar-refractivity contribution in [2.45, 2.75) is 47.0 Å². The molecule has 0 aliphatic heterocycles. The average Bonchev–Trinajstić information content (AvgIpc) is 2.72. The Morgan fingerprint density at radius 1 is 1.33 bits per heavy atom. The molecule has 1 aromatic heterocycles. The average molecular weight is 297 g/mol. The molecule has 0 saturated carbocycles. The maximum absolute atomic E-state index is 11.7. The maximum atomic E-state index is 11.7. The summed E-state index contributed by atoms with van der Waals surface area (Å²) in [5.74, 6) is 0.850. The second-order valence-electron chi connectivity index (χ2n) is 6.15. The number of nitrogens with zero attached hydrogens (tertiary/aromatic N) is 1. The van der Waals surface area contributed by atoms with E-state index in [0.717, 1.165) is 29.9 Å². The van der Waals surface area contributed by atoms with E-state index in [4.69, 9.17) is 9.63 Å². The van der Waals surface area contributed by atoms with Crippen molar-refractivity contribution in [3.63, 3.8) is 0 Å². The summed E-state index contributed by atoms with van der Waals surface area (Å²) in [5.41, 5.74) is 1.95. The van der Waals surface area contributed by atoms with Gasteiger partial charge >= 0.3 is 6.03 Å². The number of carbonyl (C=O) groups is 1. The van der Waals surface area contributed by atoms with Gasteiger partial charge in [-0.05, 0) is 38.5 Å². The van der Waals surface area contributed by atoms with Crippen molar-refractivity contribution in [3.05, 3.63) is 17.0 Å². The number of hydrogen-bond donors (Lipinski definition) is 3. The molecule has 0 radical (unpaired) electrons. The zero-order chi connectivity index (χ0) is 15.9. The van der Waals surface area contributed by atoms with Crippen LogP contribution >= 0.6 is 0 Å². The molecule has 21 heavy (non-hydrogen) atoms. The summed E-state index contributed by atoms with van der Waals surface area (Å²) < 4.78 is 5.10. The third kappa shape index (κ3) is 6.16. The lowest BCUT2D eigenvalue weighted by molar-refractivity contribution is 0.201. The van der Waals surface area contributed by atoms with Crippen molar-refractivity contribution in [2.24, 2.45) is 5.41 Å². The lowest BCUT2D eigenvalue weighted by Crippen LogP contribution is -2.41. The summed E-state index contributed by atoms with van der Waals surface area (Å²) in [6.07, 6.45) is 2.35. The quantitative estimate of drug-likeness (QED) is 0.640. The molecule has 1 aromatic rings. The number of aliphatic hydroxyl groups excluding tert-OH is 1. The van der Waals surface area contributed by atoms with Crippen molar-refractivity contribution >= 4 is 6.03 Å². The Hall–Kier alpha value is -1.56. The molecule has 1 heterocycles. The largest absolute Gasteiger partial charge is 0.396 e. The number of urea groups is 1. The Bertz CT molecular complexity index is 436. The van der Waals surface area contributed by atoms with Gasteiger partial charge in [-0.3, -0.25) is 0 Å². The highest BCUT2D eigenvalue weighted by Gasteiger charge is 2.17. The van der Waals surface area contributed by atoms with Gasteiger partial charge < -0.3 is 20.3 Å². The van der Waals surface area contributed by atoms with E-state index in [1.807, 2.05) is 27.7 Å².